The Labute approximate surface area is 194 Å². The van der Waals surface area contributed by atoms with Crippen LogP contribution in [-0.2, 0) is 20.0 Å². The Morgan fingerprint density at radius 2 is 1.94 bits per heavy atom. The lowest BCUT2D eigenvalue weighted by molar-refractivity contribution is -0.132. The monoisotopic (exact) mass is 479 g/mol. The van der Waals surface area contributed by atoms with Crippen molar-refractivity contribution in [3.05, 3.63) is 29.8 Å². The Hall–Kier alpha value is -2.07. The van der Waals surface area contributed by atoms with Crippen LogP contribution in [0.1, 0.15) is 53.0 Å². The largest absolute Gasteiger partial charge is 0.335 e. The minimum absolute atomic E-state index is 0.0333. The van der Waals surface area contributed by atoms with E-state index >= 15 is 0 Å². The fourth-order valence-electron chi connectivity index (χ4n) is 3.89. The van der Waals surface area contributed by atoms with Crippen molar-refractivity contribution in [2.75, 3.05) is 23.1 Å². The van der Waals surface area contributed by atoms with Gasteiger partial charge >= 0.3 is 0 Å². The minimum Gasteiger partial charge on any atom is -0.335 e. The van der Waals surface area contributed by atoms with Crippen LogP contribution in [0.4, 0.5) is 0 Å². The number of nitrogens with two attached hydrogens (primary N) is 1. The molecule has 1 aliphatic heterocycles. The van der Waals surface area contributed by atoms with Crippen molar-refractivity contribution in [3.63, 3.8) is 0 Å². The fourth-order valence-corrected chi connectivity index (χ4v) is 6.33. The Morgan fingerprint density at radius 3 is 2.47 bits per heavy atom. The number of sulfone groups is 1. The molecular weight excluding hydrogens is 446 g/mol. The summed E-state index contributed by atoms with van der Waals surface area (Å²) in [5.41, 5.74) is 2.11. The maximum Gasteiger partial charge on any atom is 0.233 e. The van der Waals surface area contributed by atoms with E-state index in [4.69, 9.17) is 5.84 Å². The molecule has 0 aliphatic carbocycles. The van der Waals surface area contributed by atoms with E-state index < -0.39 is 9.84 Å². The van der Waals surface area contributed by atoms with Crippen LogP contribution in [-0.4, -0.2) is 63.4 Å². The molecule has 32 heavy (non-hydrogen) atoms. The van der Waals surface area contributed by atoms with Crippen LogP contribution < -0.4 is 5.84 Å². The number of thioether (sulfide) groups is 1. The molecule has 1 saturated heterocycles. The third kappa shape index (κ3) is 5.46. The van der Waals surface area contributed by atoms with E-state index in [1.165, 1.54) is 22.0 Å². The molecule has 10 heteroatoms. The fraction of sp³-hybridized carbons (Fsp3) is 0.591. The molecule has 0 saturated carbocycles. The first-order valence-corrected chi connectivity index (χ1v) is 13.7. The van der Waals surface area contributed by atoms with Gasteiger partial charge in [0.05, 0.1) is 17.3 Å². The molecule has 1 aromatic heterocycles. The van der Waals surface area contributed by atoms with E-state index in [-0.39, 0.29) is 40.7 Å². The van der Waals surface area contributed by atoms with Gasteiger partial charge in [-0.3, -0.25) is 4.79 Å². The van der Waals surface area contributed by atoms with Crippen LogP contribution in [0.5, 0.6) is 0 Å². The summed E-state index contributed by atoms with van der Waals surface area (Å²) in [6, 6.07) is 7.75. The summed E-state index contributed by atoms with van der Waals surface area (Å²) in [6.07, 6.45) is 1.25. The Balaban J connectivity index is 1.71. The van der Waals surface area contributed by atoms with Crippen molar-refractivity contribution in [2.45, 2.75) is 70.1 Å². The summed E-state index contributed by atoms with van der Waals surface area (Å²) in [6.45, 7) is 10.4. The summed E-state index contributed by atoms with van der Waals surface area (Å²) < 4.78 is 25.3. The highest BCUT2D eigenvalue weighted by Gasteiger charge is 2.36. The predicted octanol–water partition coefficient (Wildman–Crippen LogP) is 2.86. The van der Waals surface area contributed by atoms with Crippen molar-refractivity contribution in [1.29, 1.82) is 0 Å². The molecule has 1 fully saturated rings. The number of hydrogen-bond donors (Lipinski definition) is 1. The highest BCUT2D eigenvalue weighted by molar-refractivity contribution is 7.99. The van der Waals surface area contributed by atoms with Crippen molar-refractivity contribution in [3.8, 4) is 11.4 Å². The maximum absolute atomic E-state index is 13.0. The molecule has 1 aliphatic rings. The normalized spacial score (nSPS) is 19.1. The molecule has 0 radical (unpaired) electrons. The lowest BCUT2D eigenvalue weighted by Gasteiger charge is -2.33. The van der Waals surface area contributed by atoms with Crippen molar-refractivity contribution in [1.82, 2.24) is 19.8 Å². The van der Waals surface area contributed by atoms with E-state index in [1.807, 2.05) is 26.0 Å². The summed E-state index contributed by atoms with van der Waals surface area (Å²) in [5, 5.41) is 8.82. The third-order valence-corrected chi connectivity index (χ3v) is 8.63. The minimum atomic E-state index is -3.08. The number of nitrogens with zero attached hydrogens (tertiary/aromatic N) is 4. The summed E-state index contributed by atoms with van der Waals surface area (Å²) in [7, 11) is -3.08. The van der Waals surface area contributed by atoms with Gasteiger partial charge in [-0.2, -0.15) is 0 Å². The van der Waals surface area contributed by atoms with Crippen molar-refractivity contribution < 1.29 is 13.2 Å². The Morgan fingerprint density at radius 1 is 1.28 bits per heavy atom. The van der Waals surface area contributed by atoms with Crippen LogP contribution in [0.15, 0.2) is 29.4 Å². The Kier molecular flexibility index (Phi) is 7.24. The van der Waals surface area contributed by atoms with E-state index in [0.717, 1.165) is 12.0 Å². The lowest BCUT2D eigenvalue weighted by Crippen LogP contribution is -2.47. The standard InChI is InChI=1S/C22H33N5O3S2/c1-6-15(2)26(18-11-12-32(29,30)14-18)19(28)13-31-21-25-24-20(27(21)23)16-7-9-17(10-8-16)22(3,4)5/h7-10,15,18H,6,11-14,23H2,1-5H3/t15-,18+/m1/s1. The van der Waals surface area contributed by atoms with Gasteiger partial charge in [0.15, 0.2) is 15.7 Å². The van der Waals surface area contributed by atoms with Gasteiger partial charge in [0.1, 0.15) is 0 Å². The van der Waals surface area contributed by atoms with Crippen LogP contribution >= 0.6 is 11.8 Å². The summed E-state index contributed by atoms with van der Waals surface area (Å²) >= 11 is 1.22. The second-order valence-electron chi connectivity index (χ2n) is 9.41. The molecule has 0 unspecified atom stereocenters. The first-order valence-electron chi connectivity index (χ1n) is 10.9. The zero-order valence-corrected chi connectivity index (χ0v) is 21.0. The van der Waals surface area contributed by atoms with Gasteiger partial charge in [-0.1, -0.05) is 63.7 Å². The summed E-state index contributed by atoms with van der Waals surface area (Å²) in [5.74, 6) is 6.95. The zero-order valence-electron chi connectivity index (χ0n) is 19.4. The molecule has 2 aromatic rings. The number of carbonyl (C=O) groups is 1. The molecule has 3 rings (SSSR count). The van der Waals surface area contributed by atoms with Gasteiger partial charge in [-0.05, 0) is 30.7 Å². The molecule has 1 amide bonds. The molecular formula is C22H33N5O3S2. The van der Waals surface area contributed by atoms with Crippen LogP contribution in [0.2, 0.25) is 0 Å². The number of hydrogen-bond acceptors (Lipinski definition) is 7. The van der Waals surface area contributed by atoms with Crippen molar-refractivity contribution >= 4 is 27.5 Å². The van der Waals surface area contributed by atoms with Crippen molar-refractivity contribution in [2.24, 2.45) is 0 Å². The number of amides is 1. The SMILES string of the molecule is CC[C@@H](C)N(C(=O)CSc1nnc(-c2ccc(C(C)(C)C)cc2)n1N)[C@H]1CCS(=O)(=O)C1. The topological polar surface area (TPSA) is 111 Å². The smallest absolute Gasteiger partial charge is 0.233 e. The van der Waals surface area contributed by atoms with Gasteiger partial charge < -0.3 is 10.7 Å². The van der Waals surface area contributed by atoms with Gasteiger partial charge in [-0.15, -0.1) is 10.2 Å². The van der Waals surface area contributed by atoms with Gasteiger partial charge in [0, 0.05) is 17.6 Å². The molecule has 2 heterocycles. The molecule has 176 valence electrons. The van der Waals surface area contributed by atoms with Crippen LogP contribution in [0.25, 0.3) is 11.4 Å². The number of rotatable bonds is 7. The second-order valence-corrected chi connectivity index (χ2v) is 12.6. The lowest BCUT2D eigenvalue weighted by atomic mass is 9.87. The van der Waals surface area contributed by atoms with E-state index in [9.17, 15) is 13.2 Å². The van der Waals surface area contributed by atoms with Crippen LogP contribution in [0, 0.1) is 0 Å². The number of carbonyl (C=O) groups excluding carboxylic acids is 1. The highest BCUT2D eigenvalue weighted by atomic mass is 32.2. The van der Waals surface area contributed by atoms with Gasteiger partial charge in [0.25, 0.3) is 0 Å². The quantitative estimate of drug-likeness (QED) is 0.480. The van der Waals surface area contributed by atoms with E-state index in [0.29, 0.717) is 17.4 Å². The first kappa shape index (κ1) is 24.6. The average molecular weight is 480 g/mol. The molecule has 2 N–H and O–H groups in total. The molecule has 8 nitrogen and oxygen atoms in total. The molecule has 0 bridgehead atoms. The predicted molar refractivity (Wildman–Crippen MR) is 129 cm³/mol. The first-order chi connectivity index (χ1) is 14.9. The Bertz CT molecular complexity index is 1060. The number of benzene rings is 1. The number of nitrogen functional groups attached to an aromatic ring is 1. The summed E-state index contributed by atoms with van der Waals surface area (Å²) in [4.78, 5) is 14.8. The maximum atomic E-state index is 13.0. The number of aromatic nitrogens is 3. The molecule has 0 spiro atoms. The average Bonchev–Trinajstić information content (AvgIpc) is 3.27. The van der Waals surface area contributed by atoms with Crippen LogP contribution in [0.3, 0.4) is 0 Å². The second kappa shape index (κ2) is 9.43. The third-order valence-electron chi connectivity index (χ3n) is 5.95. The van der Waals surface area contributed by atoms with Gasteiger partial charge in [-0.25, -0.2) is 13.1 Å². The highest BCUT2D eigenvalue weighted by Crippen LogP contribution is 2.27. The zero-order chi connectivity index (χ0) is 23.7. The van der Waals surface area contributed by atoms with E-state index in [2.05, 4.69) is 43.1 Å². The van der Waals surface area contributed by atoms with Gasteiger partial charge in [0.2, 0.25) is 11.1 Å². The van der Waals surface area contributed by atoms with E-state index in [1.54, 1.807) is 4.90 Å². The molecule has 1 aromatic carbocycles. The molecule has 2 atom stereocenters.